The minimum atomic E-state index is -3.66. The maximum Gasteiger partial charge on any atom is 0.272 e. The topological polar surface area (TPSA) is 92.3 Å². The van der Waals surface area contributed by atoms with E-state index in [1.165, 1.54) is 10.4 Å². The van der Waals surface area contributed by atoms with Gasteiger partial charge in [-0.15, -0.1) is 10.2 Å². The van der Waals surface area contributed by atoms with Crippen LogP contribution < -0.4 is 5.32 Å². The fourth-order valence-corrected chi connectivity index (χ4v) is 4.42. The molecule has 0 radical (unpaired) electrons. The normalized spacial score (nSPS) is 12.0. The van der Waals surface area contributed by atoms with E-state index in [-0.39, 0.29) is 9.47 Å². The first-order valence-corrected chi connectivity index (χ1v) is 9.60. The molecule has 0 bridgehead atoms. The number of carbonyl (C=O) groups is 1. The molecule has 0 aliphatic carbocycles. The van der Waals surface area contributed by atoms with E-state index in [4.69, 9.17) is 0 Å². The van der Waals surface area contributed by atoms with E-state index in [9.17, 15) is 13.2 Å². The van der Waals surface area contributed by atoms with Gasteiger partial charge in [0.05, 0.1) is 0 Å². The minimum absolute atomic E-state index is 0.131. The second-order valence-electron chi connectivity index (χ2n) is 4.70. The van der Waals surface area contributed by atoms with Crippen molar-refractivity contribution in [3.63, 3.8) is 0 Å². The molecule has 1 N–H and O–H groups in total. The van der Waals surface area contributed by atoms with Gasteiger partial charge in [0.1, 0.15) is 0 Å². The summed E-state index contributed by atoms with van der Waals surface area (Å²) in [6.45, 7) is 4.19. The molecule has 7 nitrogen and oxygen atoms in total. The molecule has 1 amide bonds. The molecule has 2 rings (SSSR count). The van der Waals surface area contributed by atoms with Gasteiger partial charge in [-0.25, -0.2) is 8.42 Å². The molecule has 2 aromatic rings. The van der Waals surface area contributed by atoms with Gasteiger partial charge in [0.15, 0.2) is 0 Å². The van der Waals surface area contributed by atoms with E-state index in [0.717, 1.165) is 16.9 Å². The third kappa shape index (κ3) is 4.47. The number of hydrogen-bond acceptors (Lipinski definition) is 6. The second-order valence-corrected chi connectivity index (χ2v) is 7.78. The summed E-state index contributed by atoms with van der Waals surface area (Å²) in [4.78, 5) is 11.9. The summed E-state index contributed by atoms with van der Waals surface area (Å²) in [6, 6.07) is 9.35. The van der Waals surface area contributed by atoms with Gasteiger partial charge in [0.2, 0.25) is 15.4 Å². The van der Waals surface area contributed by atoms with Crippen LogP contribution in [-0.2, 0) is 14.8 Å². The maximum absolute atomic E-state index is 12.3. The SMILES string of the molecule is CCN(CC)S(=O)(=O)c1nnc(NC(=O)C=Cc2ccccc2)s1. The fraction of sp³-hybridized carbons (Fsp3) is 0.267. The number of amides is 1. The highest BCUT2D eigenvalue weighted by molar-refractivity contribution is 7.91. The average molecular weight is 366 g/mol. The molecular weight excluding hydrogens is 348 g/mol. The van der Waals surface area contributed by atoms with Crippen LogP contribution in [-0.4, -0.2) is 41.9 Å². The van der Waals surface area contributed by atoms with Crippen molar-refractivity contribution < 1.29 is 13.2 Å². The second kappa shape index (κ2) is 8.13. The van der Waals surface area contributed by atoms with Crippen LogP contribution in [0.5, 0.6) is 0 Å². The first-order valence-electron chi connectivity index (χ1n) is 7.35. The van der Waals surface area contributed by atoms with Gasteiger partial charge in [0.25, 0.3) is 10.0 Å². The number of carbonyl (C=O) groups excluding carboxylic acids is 1. The van der Waals surface area contributed by atoms with Crippen molar-refractivity contribution in [2.45, 2.75) is 18.2 Å². The molecule has 0 aliphatic rings. The number of sulfonamides is 1. The Balaban J connectivity index is 2.06. The Labute approximate surface area is 145 Å². The van der Waals surface area contributed by atoms with Gasteiger partial charge in [-0.3, -0.25) is 10.1 Å². The number of rotatable bonds is 7. The van der Waals surface area contributed by atoms with Crippen LogP contribution >= 0.6 is 11.3 Å². The van der Waals surface area contributed by atoms with Crippen LogP contribution in [0.2, 0.25) is 0 Å². The monoisotopic (exact) mass is 366 g/mol. The first-order chi connectivity index (χ1) is 11.5. The quantitative estimate of drug-likeness (QED) is 0.599. The zero-order valence-electron chi connectivity index (χ0n) is 13.3. The molecule has 0 saturated heterocycles. The number of aromatic nitrogens is 2. The molecule has 0 spiro atoms. The maximum atomic E-state index is 12.3. The summed E-state index contributed by atoms with van der Waals surface area (Å²) in [5.41, 5.74) is 0.884. The molecule has 128 valence electrons. The summed E-state index contributed by atoms with van der Waals surface area (Å²) in [7, 11) is -3.66. The van der Waals surface area contributed by atoms with Crippen molar-refractivity contribution in [1.82, 2.24) is 14.5 Å². The summed E-state index contributed by atoms with van der Waals surface area (Å²) in [6.07, 6.45) is 3.01. The van der Waals surface area contributed by atoms with E-state index in [0.29, 0.717) is 13.1 Å². The molecule has 0 fully saturated rings. The summed E-state index contributed by atoms with van der Waals surface area (Å²) in [5, 5.41) is 10.1. The highest BCUT2D eigenvalue weighted by atomic mass is 32.2. The lowest BCUT2D eigenvalue weighted by Gasteiger charge is -2.15. The van der Waals surface area contributed by atoms with Gasteiger partial charge < -0.3 is 0 Å². The van der Waals surface area contributed by atoms with Gasteiger partial charge in [-0.2, -0.15) is 4.31 Å². The third-order valence-corrected chi connectivity index (χ3v) is 6.36. The van der Waals surface area contributed by atoms with Gasteiger partial charge in [-0.05, 0) is 11.6 Å². The molecule has 1 aromatic heterocycles. The number of nitrogens with one attached hydrogen (secondary N) is 1. The standard InChI is InChI=1S/C15H18N4O3S2/c1-3-19(4-2)24(21,22)15-18-17-14(23-15)16-13(20)11-10-12-8-6-5-7-9-12/h5-11H,3-4H2,1-2H3,(H,16,17,20). The van der Waals surface area contributed by atoms with Crippen LogP contribution in [0.1, 0.15) is 19.4 Å². The number of anilines is 1. The predicted molar refractivity (Wildman–Crippen MR) is 94.1 cm³/mol. The van der Waals surface area contributed by atoms with Crippen molar-refractivity contribution >= 4 is 38.5 Å². The lowest BCUT2D eigenvalue weighted by Crippen LogP contribution is -2.30. The van der Waals surface area contributed by atoms with E-state index in [2.05, 4.69) is 15.5 Å². The lowest BCUT2D eigenvalue weighted by molar-refractivity contribution is -0.111. The molecule has 0 aliphatic heterocycles. The van der Waals surface area contributed by atoms with E-state index in [1.807, 2.05) is 30.3 Å². The van der Waals surface area contributed by atoms with Crippen molar-refractivity contribution in [2.24, 2.45) is 0 Å². The van der Waals surface area contributed by atoms with Crippen LogP contribution in [0.25, 0.3) is 6.08 Å². The fourth-order valence-electron chi connectivity index (χ4n) is 1.92. The Kier molecular flexibility index (Phi) is 6.18. The third-order valence-electron chi connectivity index (χ3n) is 3.13. The Morgan fingerprint density at radius 3 is 2.50 bits per heavy atom. The highest BCUT2D eigenvalue weighted by Crippen LogP contribution is 2.23. The van der Waals surface area contributed by atoms with Crippen molar-refractivity contribution in [2.75, 3.05) is 18.4 Å². The van der Waals surface area contributed by atoms with E-state index < -0.39 is 15.9 Å². The number of nitrogens with zero attached hydrogens (tertiary/aromatic N) is 3. The van der Waals surface area contributed by atoms with Crippen LogP contribution in [0.15, 0.2) is 40.7 Å². The first kappa shape index (κ1) is 18.2. The average Bonchev–Trinajstić information content (AvgIpc) is 3.04. The van der Waals surface area contributed by atoms with Crippen LogP contribution in [0, 0.1) is 0 Å². The summed E-state index contributed by atoms with van der Waals surface area (Å²) in [5.74, 6) is -0.401. The van der Waals surface area contributed by atoms with Gasteiger partial charge >= 0.3 is 0 Å². The van der Waals surface area contributed by atoms with Crippen LogP contribution in [0.3, 0.4) is 0 Å². The molecule has 9 heteroatoms. The van der Waals surface area contributed by atoms with E-state index in [1.54, 1.807) is 19.9 Å². The van der Waals surface area contributed by atoms with Gasteiger partial charge in [0, 0.05) is 19.2 Å². The minimum Gasteiger partial charge on any atom is -0.297 e. The Morgan fingerprint density at radius 2 is 1.88 bits per heavy atom. The summed E-state index contributed by atoms with van der Waals surface area (Å²) < 4.78 is 25.8. The van der Waals surface area contributed by atoms with Crippen molar-refractivity contribution in [1.29, 1.82) is 0 Å². The smallest absolute Gasteiger partial charge is 0.272 e. The van der Waals surface area contributed by atoms with Crippen molar-refractivity contribution in [3.05, 3.63) is 42.0 Å². The zero-order chi connectivity index (χ0) is 17.6. The summed E-state index contributed by atoms with van der Waals surface area (Å²) >= 11 is 0.831. The lowest BCUT2D eigenvalue weighted by atomic mass is 10.2. The highest BCUT2D eigenvalue weighted by Gasteiger charge is 2.26. The molecule has 1 heterocycles. The Hall–Kier alpha value is -2.10. The molecule has 0 atom stereocenters. The number of hydrogen-bond donors (Lipinski definition) is 1. The van der Waals surface area contributed by atoms with Crippen LogP contribution in [0.4, 0.5) is 5.13 Å². The zero-order valence-corrected chi connectivity index (χ0v) is 15.0. The van der Waals surface area contributed by atoms with Gasteiger partial charge in [-0.1, -0.05) is 55.5 Å². The molecular formula is C15H18N4O3S2. The largest absolute Gasteiger partial charge is 0.297 e. The molecule has 1 aromatic carbocycles. The van der Waals surface area contributed by atoms with Crippen molar-refractivity contribution in [3.8, 4) is 0 Å². The number of benzene rings is 1. The Morgan fingerprint density at radius 1 is 1.21 bits per heavy atom. The molecule has 24 heavy (non-hydrogen) atoms. The van der Waals surface area contributed by atoms with E-state index >= 15 is 0 Å². The molecule has 0 unspecified atom stereocenters. The predicted octanol–water partition coefficient (Wildman–Crippen LogP) is 2.22. The Bertz CT molecular complexity index is 812. The molecule has 0 saturated carbocycles.